The second-order valence-corrected chi connectivity index (χ2v) is 3.97. The average Bonchev–Trinajstić information content (AvgIpc) is 2.54. The molecule has 62 valence electrons. The molecule has 1 aliphatic rings. The number of aliphatic imine (C=N–C) groups is 1. The summed E-state index contributed by atoms with van der Waals surface area (Å²) in [5.74, 6) is 1.13. The van der Waals surface area contributed by atoms with Crippen LogP contribution in [0.4, 0.5) is 0 Å². The second-order valence-electron chi connectivity index (χ2n) is 2.96. The molecule has 1 aromatic rings. The predicted octanol–water partition coefficient (Wildman–Crippen LogP) is 2.57. The van der Waals surface area contributed by atoms with Crippen molar-refractivity contribution in [2.45, 2.75) is 13.0 Å². The van der Waals surface area contributed by atoms with Gasteiger partial charge in [0.15, 0.2) is 0 Å². The molecule has 0 saturated carbocycles. The van der Waals surface area contributed by atoms with E-state index in [2.05, 4.69) is 36.2 Å². The fourth-order valence-electron chi connectivity index (χ4n) is 1.21. The van der Waals surface area contributed by atoms with Gasteiger partial charge in [0.2, 0.25) is 0 Å². The maximum absolute atomic E-state index is 4.54. The first kappa shape index (κ1) is 7.87. The first-order valence-electron chi connectivity index (χ1n) is 4.12. The van der Waals surface area contributed by atoms with E-state index in [9.17, 15) is 0 Å². The summed E-state index contributed by atoms with van der Waals surface area (Å²) in [6.45, 7) is 2.16. The number of thioether (sulfide) groups is 1. The summed E-state index contributed by atoms with van der Waals surface area (Å²) in [4.78, 5) is 4.54. The van der Waals surface area contributed by atoms with Gasteiger partial charge in [0.1, 0.15) is 0 Å². The van der Waals surface area contributed by atoms with Crippen molar-refractivity contribution in [3.63, 3.8) is 0 Å². The summed E-state index contributed by atoms with van der Waals surface area (Å²) in [6.07, 6.45) is 0. The van der Waals surface area contributed by atoms with Gasteiger partial charge in [-0.05, 0) is 6.92 Å². The lowest BCUT2D eigenvalue weighted by Gasteiger charge is -1.96. The smallest absolute Gasteiger partial charge is 0.0981 e. The molecule has 0 fully saturated rings. The summed E-state index contributed by atoms with van der Waals surface area (Å²) >= 11 is 1.85. The van der Waals surface area contributed by atoms with E-state index in [1.54, 1.807) is 0 Å². The van der Waals surface area contributed by atoms with Crippen LogP contribution in [-0.4, -0.2) is 16.8 Å². The first-order valence-corrected chi connectivity index (χ1v) is 5.11. The molecular weight excluding hydrogens is 166 g/mol. The van der Waals surface area contributed by atoms with Crippen LogP contribution in [0.2, 0.25) is 0 Å². The third-order valence-electron chi connectivity index (χ3n) is 1.82. The topological polar surface area (TPSA) is 12.4 Å². The molecule has 0 amide bonds. The van der Waals surface area contributed by atoms with Gasteiger partial charge in [-0.1, -0.05) is 30.3 Å². The van der Waals surface area contributed by atoms with Crippen molar-refractivity contribution in [2.24, 2.45) is 4.99 Å². The molecule has 1 aromatic carbocycles. The lowest BCUT2D eigenvalue weighted by Crippen LogP contribution is -1.93. The monoisotopic (exact) mass is 177 g/mol. The minimum Gasteiger partial charge on any atom is -0.274 e. The zero-order valence-corrected chi connectivity index (χ0v) is 7.84. The third-order valence-corrected chi connectivity index (χ3v) is 3.08. The van der Waals surface area contributed by atoms with Gasteiger partial charge in [-0.3, -0.25) is 4.99 Å². The Bertz CT molecular complexity index is 292. The maximum Gasteiger partial charge on any atom is 0.0981 e. The highest BCUT2D eigenvalue weighted by atomic mass is 32.2. The predicted molar refractivity (Wildman–Crippen MR) is 54.9 cm³/mol. The molecule has 2 rings (SSSR count). The molecule has 0 bridgehead atoms. The Balaban J connectivity index is 2.27. The van der Waals surface area contributed by atoms with Crippen molar-refractivity contribution >= 4 is 16.8 Å². The largest absolute Gasteiger partial charge is 0.274 e. The quantitative estimate of drug-likeness (QED) is 0.642. The van der Waals surface area contributed by atoms with Crippen molar-refractivity contribution in [2.75, 3.05) is 5.75 Å². The summed E-state index contributed by atoms with van der Waals surface area (Å²) in [7, 11) is 0. The number of rotatable bonds is 1. The van der Waals surface area contributed by atoms with Crippen molar-refractivity contribution in [1.29, 1.82) is 0 Å². The number of hydrogen-bond donors (Lipinski definition) is 0. The van der Waals surface area contributed by atoms with E-state index in [1.807, 2.05) is 17.8 Å². The highest BCUT2D eigenvalue weighted by Gasteiger charge is 2.14. The van der Waals surface area contributed by atoms with Gasteiger partial charge in [0.05, 0.1) is 11.1 Å². The minimum absolute atomic E-state index is 0.491. The molecule has 1 unspecified atom stereocenters. The number of nitrogens with zero attached hydrogens (tertiary/aromatic N) is 1. The van der Waals surface area contributed by atoms with Gasteiger partial charge in [-0.15, -0.1) is 11.8 Å². The molecule has 1 heterocycles. The molecule has 1 atom stereocenters. The van der Waals surface area contributed by atoms with Crippen molar-refractivity contribution in [3.8, 4) is 0 Å². The lowest BCUT2D eigenvalue weighted by molar-refractivity contribution is 0.865. The third kappa shape index (κ3) is 1.53. The molecule has 0 radical (unpaired) electrons. The SMILES string of the molecule is CC1CSC(c2ccccc2)=N1. The van der Waals surface area contributed by atoms with Crippen LogP contribution in [0, 0.1) is 0 Å². The molecule has 0 saturated heterocycles. The van der Waals surface area contributed by atoms with Crippen LogP contribution in [0.5, 0.6) is 0 Å². The van der Waals surface area contributed by atoms with Crippen LogP contribution < -0.4 is 0 Å². The summed E-state index contributed by atoms with van der Waals surface area (Å²) in [6, 6.07) is 10.9. The van der Waals surface area contributed by atoms with Crippen LogP contribution >= 0.6 is 11.8 Å². The second kappa shape index (κ2) is 3.31. The van der Waals surface area contributed by atoms with Crippen LogP contribution in [0.25, 0.3) is 0 Å². The molecule has 1 aliphatic heterocycles. The van der Waals surface area contributed by atoms with Gasteiger partial charge in [0.25, 0.3) is 0 Å². The van der Waals surface area contributed by atoms with Crippen molar-refractivity contribution in [3.05, 3.63) is 35.9 Å². The van der Waals surface area contributed by atoms with E-state index in [-0.39, 0.29) is 0 Å². The lowest BCUT2D eigenvalue weighted by atomic mass is 10.2. The van der Waals surface area contributed by atoms with Crippen LogP contribution in [0.1, 0.15) is 12.5 Å². The van der Waals surface area contributed by atoms with Crippen LogP contribution in [-0.2, 0) is 0 Å². The Morgan fingerprint density at radius 3 is 2.67 bits per heavy atom. The Kier molecular flexibility index (Phi) is 2.17. The Morgan fingerprint density at radius 1 is 1.33 bits per heavy atom. The summed E-state index contributed by atoms with van der Waals surface area (Å²) in [5.41, 5.74) is 1.26. The van der Waals surface area contributed by atoms with Gasteiger partial charge in [-0.25, -0.2) is 0 Å². The molecule has 12 heavy (non-hydrogen) atoms. The van der Waals surface area contributed by atoms with Crippen molar-refractivity contribution in [1.82, 2.24) is 0 Å². The van der Waals surface area contributed by atoms with E-state index in [0.717, 1.165) is 5.75 Å². The Labute approximate surface area is 76.9 Å². The fourth-order valence-corrected chi connectivity index (χ4v) is 2.24. The van der Waals surface area contributed by atoms with E-state index in [0.29, 0.717) is 6.04 Å². The van der Waals surface area contributed by atoms with E-state index in [1.165, 1.54) is 10.6 Å². The molecular formula is C10H11NS. The van der Waals surface area contributed by atoms with Crippen molar-refractivity contribution < 1.29 is 0 Å². The molecule has 2 heteroatoms. The zero-order chi connectivity index (χ0) is 8.39. The summed E-state index contributed by atoms with van der Waals surface area (Å²) < 4.78 is 0. The van der Waals surface area contributed by atoms with Crippen LogP contribution in [0.15, 0.2) is 35.3 Å². The van der Waals surface area contributed by atoms with Gasteiger partial charge >= 0.3 is 0 Å². The van der Waals surface area contributed by atoms with E-state index >= 15 is 0 Å². The van der Waals surface area contributed by atoms with Gasteiger partial charge < -0.3 is 0 Å². The summed E-state index contributed by atoms with van der Waals surface area (Å²) in [5, 5.41) is 1.20. The van der Waals surface area contributed by atoms with Gasteiger partial charge in [0, 0.05) is 11.3 Å². The highest BCUT2D eigenvalue weighted by Crippen LogP contribution is 2.22. The minimum atomic E-state index is 0.491. The molecule has 0 spiro atoms. The normalized spacial score (nSPS) is 22.4. The molecule has 0 aliphatic carbocycles. The Hall–Kier alpha value is -0.760. The standard InChI is InChI=1S/C10H11NS/c1-8-7-12-10(11-8)9-5-3-2-4-6-9/h2-6,8H,7H2,1H3. The van der Waals surface area contributed by atoms with Crippen LogP contribution in [0.3, 0.4) is 0 Å². The zero-order valence-electron chi connectivity index (χ0n) is 7.03. The maximum atomic E-state index is 4.54. The average molecular weight is 177 g/mol. The molecule has 0 aromatic heterocycles. The molecule has 1 nitrogen and oxygen atoms in total. The molecule has 0 N–H and O–H groups in total. The van der Waals surface area contributed by atoms with E-state index in [4.69, 9.17) is 0 Å². The number of hydrogen-bond acceptors (Lipinski definition) is 2. The van der Waals surface area contributed by atoms with Gasteiger partial charge in [-0.2, -0.15) is 0 Å². The highest BCUT2D eigenvalue weighted by molar-refractivity contribution is 8.14. The fraction of sp³-hybridized carbons (Fsp3) is 0.300. The first-order chi connectivity index (χ1) is 5.86. The Morgan fingerprint density at radius 2 is 2.08 bits per heavy atom. The number of benzene rings is 1. The van der Waals surface area contributed by atoms with E-state index < -0.39 is 0 Å².